The van der Waals surface area contributed by atoms with Crippen molar-refractivity contribution in [1.82, 2.24) is 9.97 Å². The van der Waals surface area contributed by atoms with E-state index in [1.165, 1.54) is 31.4 Å². The largest absolute Gasteiger partial charge is 0.872 e. The van der Waals surface area contributed by atoms with E-state index in [-0.39, 0.29) is 22.9 Å². The number of carbonyl (C=O) groups is 1. The fourth-order valence-electron chi connectivity index (χ4n) is 3.47. The zero-order chi connectivity index (χ0) is 25.8. The van der Waals surface area contributed by atoms with Crippen molar-refractivity contribution in [3.8, 4) is 5.75 Å². The number of aromatic amines is 1. The minimum absolute atomic E-state index is 0.136. The van der Waals surface area contributed by atoms with Crippen molar-refractivity contribution in [1.29, 1.82) is 0 Å². The van der Waals surface area contributed by atoms with Crippen LogP contribution in [0.4, 0.5) is 11.4 Å². The second-order valence-corrected chi connectivity index (χ2v) is 7.65. The van der Waals surface area contributed by atoms with Gasteiger partial charge in [-0.1, -0.05) is 36.1 Å². The Balaban J connectivity index is 1.59. The molecule has 0 radical (unpaired) electrons. The van der Waals surface area contributed by atoms with Gasteiger partial charge in [0.1, 0.15) is 17.1 Å². The van der Waals surface area contributed by atoms with Crippen molar-refractivity contribution in [2.45, 2.75) is 6.42 Å². The van der Waals surface area contributed by atoms with E-state index < -0.39 is 34.2 Å². The molecule has 0 spiro atoms. The highest BCUT2D eigenvalue weighted by Gasteiger charge is 2.17. The Kier molecular flexibility index (Phi) is 6.63. The lowest BCUT2D eigenvalue weighted by Gasteiger charge is -2.16. The van der Waals surface area contributed by atoms with Gasteiger partial charge in [-0.2, -0.15) is 0 Å². The molecule has 0 atom stereocenters. The van der Waals surface area contributed by atoms with Gasteiger partial charge in [-0.3, -0.25) is 19.7 Å². The summed E-state index contributed by atoms with van der Waals surface area (Å²) >= 11 is 0. The summed E-state index contributed by atoms with van der Waals surface area (Å²) in [5, 5.41) is 36.3. The Morgan fingerprint density at radius 2 is 1.86 bits per heavy atom. The standard InChI is InChI=1S/C25H20N4O7/c1-36-16-8-10-18(21(12-16)29(34)35)27-25(33)22(30)13-20-24(32)28-19-11-15(7-9-17(19)26-20)23(31)14-5-3-2-4-6-14/h2-12,27,30,33H,13H2,1H3,(H,28,32)/p-1. The van der Waals surface area contributed by atoms with Gasteiger partial charge < -0.3 is 25.3 Å². The van der Waals surface area contributed by atoms with Gasteiger partial charge in [0.25, 0.3) is 11.2 Å². The normalized spacial score (nSPS) is 11.6. The van der Waals surface area contributed by atoms with Gasteiger partial charge in [-0.05, 0) is 30.3 Å². The van der Waals surface area contributed by atoms with E-state index in [4.69, 9.17) is 4.74 Å². The van der Waals surface area contributed by atoms with Crippen LogP contribution in [0.25, 0.3) is 11.0 Å². The first-order valence-corrected chi connectivity index (χ1v) is 10.6. The Bertz CT molecular complexity index is 1560. The number of hydrogen-bond donors (Lipinski definition) is 3. The summed E-state index contributed by atoms with van der Waals surface area (Å²) in [4.78, 5) is 42.6. The maximum atomic E-state index is 12.7. The van der Waals surface area contributed by atoms with Crippen LogP contribution >= 0.6 is 0 Å². The lowest BCUT2D eigenvalue weighted by molar-refractivity contribution is -0.384. The van der Waals surface area contributed by atoms with Gasteiger partial charge in [0.15, 0.2) is 11.7 Å². The zero-order valence-electron chi connectivity index (χ0n) is 18.8. The van der Waals surface area contributed by atoms with Gasteiger partial charge in [0, 0.05) is 17.5 Å². The number of ketones is 1. The first-order chi connectivity index (χ1) is 17.3. The monoisotopic (exact) mass is 487 g/mol. The predicted octanol–water partition coefficient (Wildman–Crippen LogP) is 2.81. The second-order valence-electron chi connectivity index (χ2n) is 7.65. The highest BCUT2D eigenvalue weighted by molar-refractivity contribution is 6.10. The van der Waals surface area contributed by atoms with Crippen molar-refractivity contribution < 1.29 is 24.7 Å². The molecule has 182 valence electrons. The molecule has 0 aliphatic rings. The number of aromatic nitrogens is 2. The van der Waals surface area contributed by atoms with Crippen molar-refractivity contribution in [2.75, 3.05) is 12.4 Å². The van der Waals surface area contributed by atoms with Crippen LogP contribution in [0.3, 0.4) is 0 Å². The summed E-state index contributed by atoms with van der Waals surface area (Å²) < 4.78 is 4.95. The first kappa shape index (κ1) is 24.0. The maximum absolute atomic E-state index is 12.7. The summed E-state index contributed by atoms with van der Waals surface area (Å²) in [5.41, 5.74) is 0.0733. The van der Waals surface area contributed by atoms with Crippen LogP contribution in [-0.4, -0.2) is 32.9 Å². The Morgan fingerprint density at radius 1 is 1.11 bits per heavy atom. The minimum Gasteiger partial charge on any atom is -0.872 e. The number of H-pyrrole nitrogens is 1. The summed E-state index contributed by atoms with van der Waals surface area (Å²) in [6.45, 7) is 0. The molecule has 4 aromatic rings. The molecule has 1 aromatic heterocycles. The van der Waals surface area contributed by atoms with Crippen molar-refractivity contribution >= 4 is 28.2 Å². The number of benzene rings is 3. The third kappa shape index (κ3) is 4.99. The highest BCUT2D eigenvalue weighted by Crippen LogP contribution is 2.30. The van der Waals surface area contributed by atoms with Crippen LogP contribution in [0.5, 0.6) is 5.75 Å². The highest BCUT2D eigenvalue weighted by atomic mass is 16.6. The fraction of sp³-hybridized carbons (Fsp3) is 0.0800. The SMILES string of the molecule is COc1ccc(NC(O)=C([O-])Cc2nc3ccc(C(=O)c4ccccc4)cc3[nH]c2=O)c([N+](=O)[O-])c1. The molecule has 0 aliphatic heterocycles. The number of anilines is 1. The summed E-state index contributed by atoms with van der Waals surface area (Å²) in [7, 11) is 1.34. The number of nitrogens with zero attached hydrogens (tertiary/aromatic N) is 2. The number of nitro benzene ring substituents is 1. The molecule has 11 heteroatoms. The number of fused-ring (bicyclic) bond motifs is 1. The fourth-order valence-corrected chi connectivity index (χ4v) is 3.47. The number of rotatable bonds is 8. The number of carbonyl (C=O) groups excluding carboxylic acids is 1. The number of nitrogens with one attached hydrogen (secondary N) is 2. The summed E-state index contributed by atoms with van der Waals surface area (Å²) in [6.07, 6.45) is -0.571. The third-order valence-electron chi connectivity index (χ3n) is 5.31. The molecule has 0 amide bonds. The van der Waals surface area contributed by atoms with E-state index in [1.54, 1.807) is 36.4 Å². The number of methoxy groups -OCH3 is 1. The van der Waals surface area contributed by atoms with Crippen LogP contribution in [0.1, 0.15) is 21.6 Å². The topological polar surface area (TPSA) is 171 Å². The second kappa shape index (κ2) is 9.97. The van der Waals surface area contributed by atoms with Crippen molar-refractivity contribution in [3.05, 3.63) is 116 Å². The molecule has 36 heavy (non-hydrogen) atoms. The molecule has 0 saturated heterocycles. The minimum atomic E-state index is -0.909. The van der Waals surface area contributed by atoms with E-state index in [1.807, 2.05) is 0 Å². The number of nitro groups is 1. The number of aliphatic hydroxyl groups is 1. The van der Waals surface area contributed by atoms with Crippen molar-refractivity contribution in [2.24, 2.45) is 0 Å². The van der Waals surface area contributed by atoms with E-state index in [2.05, 4.69) is 15.3 Å². The van der Waals surface area contributed by atoms with Crippen LogP contribution in [-0.2, 0) is 6.42 Å². The first-order valence-electron chi connectivity index (χ1n) is 10.6. The van der Waals surface area contributed by atoms with Gasteiger partial charge in [-0.15, -0.1) is 0 Å². The molecule has 0 aliphatic carbocycles. The molecule has 3 aromatic carbocycles. The summed E-state index contributed by atoms with van der Waals surface area (Å²) in [6, 6.07) is 17.1. The lowest BCUT2D eigenvalue weighted by atomic mass is 10.0. The number of aliphatic hydroxyl groups excluding tert-OH is 1. The molecule has 0 saturated carbocycles. The molecule has 1 heterocycles. The van der Waals surface area contributed by atoms with Gasteiger partial charge in [0.2, 0.25) is 0 Å². The molecular weight excluding hydrogens is 468 g/mol. The van der Waals surface area contributed by atoms with Crippen molar-refractivity contribution in [3.63, 3.8) is 0 Å². The van der Waals surface area contributed by atoms with Gasteiger partial charge in [0.05, 0.1) is 29.1 Å². The van der Waals surface area contributed by atoms with Crippen LogP contribution < -0.4 is 20.7 Å². The Labute approximate surface area is 203 Å². The number of hydrogen-bond acceptors (Lipinski definition) is 9. The van der Waals surface area contributed by atoms with E-state index in [9.17, 15) is 29.9 Å². The molecular formula is C25H19N4O7-. The Morgan fingerprint density at radius 3 is 2.56 bits per heavy atom. The predicted molar refractivity (Wildman–Crippen MR) is 129 cm³/mol. The molecule has 11 nitrogen and oxygen atoms in total. The van der Waals surface area contributed by atoms with E-state index in [0.29, 0.717) is 22.2 Å². The van der Waals surface area contributed by atoms with Gasteiger partial charge in [-0.25, -0.2) is 4.98 Å². The lowest BCUT2D eigenvalue weighted by Crippen LogP contribution is -2.22. The number of allylic oxidation sites excluding steroid dienone is 1. The molecule has 0 bridgehead atoms. The van der Waals surface area contributed by atoms with Crippen LogP contribution in [0.2, 0.25) is 0 Å². The van der Waals surface area contributed by atoms with E-state index in [0.717, 1.165) is 6.07 Å². The molecule has 3 N–H and O–H groups in total. The smallest absolute Gasteiger partial charge is 0.296 e. The number of ether oxygens (including phenoxy) is 1. The zero-order valence-corrected chi connectivity index (χ0v) is 18.8. The Hall–Kier alpha value is -5.19. The molecule has 4 rings (SSSR count). The quantitative estimate of drug-likeness (QED) is 0.146. The molecule has 0 fully saturated rings. The molecule has 0 unspecified atom stereocenters. The average Bonchev–Trinajstić information content (AvgIpc) is 2.88. The maximum Gasteiger partial charge on any atom is 0.296 e. The van der Waals surface area contributed by atoms with E-state index >= 15 is 0 Å². The summed E-state index contributed by atoms with van der Waals surface area (Å²) in [5.74, 6) is -1.81. The third-order valence-corrected chi connectivity index (χ3v) is 5.31. The van der Waals surface area contributed by atoms with Crippen LogP contribution in [0.15, 0.2) is 83.2 Å². The van der Waals surface area contributed by atoms with Crippen LogP contribution in [0, 0.1) is 10.1 Å². The van der Waals surface area contributed by atoms with Gasteiger partial charge >= 0.3 is 0 Å². The average molecular weight is 487 g/mol.